The Bertz CT molecular complexity index is 354. The zero-order chi connectivity index (χ0) is 12.8. The van der Waals surface area contributed by atoms with E-state index in [1.807, 2.05) is 6.07 Å². The van der Waals surface area contributed by atoms with E-state index in [2.05, 4.69) is 54.2 Å². The summed E-state index contributed by atoms with van der Waals surface area (Å²) >= 11 is 9.78. The van der Waals surface area contributed by atoms with Crippen LogP contribution < -0.4 is 5.32 Å². The highest BCUT2D eigenvalue weighted by Crippen LogP contribution is 2.31. The number of hydrogen-bond acceptors (Lipinski definition) is 1. The van der Waals surface area contributed by atoms with Crippen LogP contribution in [0.3, 0.4) is 0 Å². The van der Waals surface area contributed by atoms with Crippen molar-refractivity contribution in [2.45, 2.75) is 39.7 Å². The van der Waals surface area contributed by atoms with Gasteiger partial charge in [-0.3, -0.25) is 0 Å². The van der Waals surface area contributed by atoms with E-state index in [9.17, 15) is 0 Å². The molecule has 0 saturated heterocycles. The molecule has 1 aromatic rings. The molecule has 17 heavy (non-hydrogen) atoms. The van der Waals surface area contributed by atoms with E-state index in [1.165, 1.54) is 5.56 Å². The second-order valence-electron chi connectivity index (χ2n) is 4.48. The molecule has 0 aliphatic carbocycles. The Balaban J connectivity index is 2.95. The van der Waals surface area contributed by atoms with Gasteiger partial charge >= 0.3 is 0 Å². The molecule has 0 amide bonds. The highest BCUT2D eigenvalue weighted by Gasteiger charge is 2.19. The van der Waals surface area contributed by atoms with Crippen LogP contribution in [0.1, 0.15) is 45.2 Å². The molecule has 1 nitrogen and oxygen atoms in total. The van der Waals surface area contributed by atoms with Crippen LogP contribution in [0.2, 0.25) is 5.02 Å². The van der Waals surface area contributed by atoms with Crippen LogP contribution in [0.15, 0.2) is 22.7 Å². The third-order valence-electron chi connectivity index (χ3n) is 3.12. The summed E-state index contributed by atoms with van der Waals surface area (Å²) in [5, 5.41) is 4.44. The third kappa shape index (κ3) is 4.27. The van der Waals surface area contributed by atoms with Gasteiger partial charge in [-0.15, -0.1) is 0 Å². The Morgan fingerprint density at radius 3 is 2.59 bits per heavy atom. The fourth-order valence-electron chi connectivity index (χ4n) is 1.91. The van der Waals surface area contributed by atoms with Crippen molar-refractivity contribution in [3.05, 3.63) is 33.3 Å². The molecule has 0 saturated carbocycles. The van der Waals surface area contributed by atoms with Crippen molar-refractivity contribution in [1.82, 2.24) is 5.32 Å². The van der Waals surface area contributed by atoms with E-state index >= 15 is 0 Å². The first-order valence-electron chi connectivity index (χ1n) is 6.28. The van der Waals surface area contributed by atoms with Gasteiger partial charge < -0.3 is 5.32 Å². The first-order chi connectivity index (χ1) is 8.10. The maximum atomic E-state index is 6.33. The summed E-state index contributed by atoms with van der Waals surface area (Å²) in [4.78, 5) is 0. The lowest BCUT2D eigenvalue weighted by molar-refractivity contribution is 0.377. The standard InChI is InChI=1S/C14H21BrClN/c1-4-8-17-14(10(3)5-2)12-7-6-11(15)9-13(12)16/h6-7,9-10,14,17H,4-5,8H2,1-3H3. The fourth-order valence-corrected chi connectivity index (χ4v) is 2.70. The Morgan fingerprint density at radius 1 is 1.35 bits per heavy atom. The van der Waals surface area contributed by atoms with Crippen molar-refractivity contribution in [2.24, 2.45) is 5.92 Å². The van der Waals surface area contributed by atoms with Crippen LogP contribution in [0.25, 0.3) is 0 Å². The molecule has 0 heterocycles. The second-order valence-corrected chi connectivity index (χ2v) is 5.81. The summed E-state index contributed by atoms with van der Waals surface area (Å²) in [7, 11) is 0. The van der Waals surface area contributed by atoms with Gasteiger partial charge in [0.1, 0.15) is 0 Å². The lowest BCUT2D eigenvalue weighted by atomic mass is 9.92. The predicted octanol–water partition coefficient (Wildman–Crippen LogP) is 5.19. The van der Waals surface area contributed by atoms with Crippen molar-refractivity contribution in [3.63, 3.8) is 0 Å². The van der Waals surface area contributed by atoms with E-state index < -0.39 is 0 Å². The van der Waals surface area contributed by atoms with E-state index in [1.54, 1.807) is 0 Å². The van der Waals surface area contributed by atoms with E-state index in [4.69, 9.17) is 11.6 Å². The molecule has 0 aliphatic heterocycles. The SMILES string of the molecule is CCCNC(c1ccc(Br)cc1Cl)C(C)CC. The summed E-state index contributed by atoms with van der Waals surface area (Å²) < 4.78 is 1.03. The Kier molecular flexibility index (Phi) is 6.53. The molecule has 1 N–H and O–H groups in total. The fraction of sp³-hybridized carbons (Fsp3) is 0.571. The maximum absolute atomic E-state index is 6.33. The van der Waals surface area contributed by atoms with E-state index in [0.717, 1.165) is 28.9 Å². The second kappa shape index (κ2) is 7.40. The Morgan fingerprint density at radius 2 is 2.06 bits per heavy atom. The molecule has 0 fully saturated rings. The minimum absolute atomic E-state index is 0.348. The molecule has 1 rings (SSSR count). The largest absolute Gasteiger partial charge is 0.310 e. The van der Waals surface area contributed by atoms with Crippen LogP contribution >= 0.6 is 27.5 Å². The van der Waals surface area contributed by atoms with Gasteiger partial charge in [-0.25, -0.2) is 0 Å². The zero-order valence-corrected chi connectivity index (χ0v) is 13.1. The quantitative estimate of drug-likeness (QED) is 0.761. The highest BCUT2D eigenvalue weighted by atomic mass is 79.9. The predicted molar refractivity (Wildman–Crippen MR) is 79.6 cm³/mol. The van der Waals surface area contributed by atoms with E-state index in [0.29, 0.717) is 12.0 Å². The number of benzene rings is 1. The number of rotatable bonds is 6. The molecule has 1 aromatic carbocycles. The van der Waals surface area contributed by atoms with Crippen LogP contribution in [-0.2, 0) is 0 Å². The molecule has 2 atom stereocenters. The summed E-state index contributed by atoms with van der Waals surface area (Å²) in [5.41, 5.74) is 1.21. The molecular weight excluding hydrogens is 298 g/mol. The summed E-state index contributed by atoms with van der Waals surface area (Å²) in [5.74, 6) is 0.584. The topological polar surface area (TPSA) is 12.0 Å². The number of halogens is 2. The first kappa shape index (κ1) is 15.0. The van der Waals surface area contributed by atoms with Gasteiger partial charge in [0, 0.05) is 15.5 Å². The lowest BCUT2D eigenvalue weighted by Crippen LogP contribution is -2.27. The molecule has 0 bridgehead atoms. The van der Waals surface area contributed by atoms with Gasteiger partial charge in [-0.2, -0.15) is 0 Å². The average Bonchev–Trinajstić information content (AvgIpc) is 2.31. The minimum Gasteiger partial charge on any atom is -0.310 e. The van der Waals surface area contributed by atoms with Crippen LogP contribution in [-0.4, -0.2) is 6.54 Å². The smallest absolute Gasteiger partial charge is 0.0465 e. The molecule has 0 aromatic heterocycles. The molecule has 0 spiro atoms. The molecule has 0 radical (unpaired) electrons. The zero-order valence-electron chi connectivity index (χ0n) is 10.8. The van der Waals surface area contributed by atoms with Crippen LogP contribution in [0.5, 0.6) is 0 Å². The summed E-state index contributed by atoms with van der Waals surface area (Å²) in [6.45, 7) is 7.70. The highest BCUT2D eigenvalue weighted by molar-refractivity contribution is 9.10. The molecule has 96 valence electrons. The van der Waals surface area contributed by atoms with Gasteiger partial charge in [-0.05, 0) is 36.6 Å². The molecule has 2 unspecified atom stereocenters. The molecular formula is C14H21BrClN. The van der Waals surface area contributed by atoms with Crippen molar-refractivity contribution < 1.29 is 0 Å². The van der Waals surface area contributed by atoms with Gasteiger partial charge in [0.15, 0.2) is 0 Å². The summed E-state index contributed by atoms with van der Waals surface area (Å²) in [6.07, 6.45) is 2.29. The molecule has 3 heteroatoms. The Hall–Kier alpha value is -0.0500. The van der Waals surface area contributed by atoms with Crippen LogP contribution in [0.4, 0.5) is 0 Å². The number of nitrogens with one attached hydrogen (secondary N) is 1. The minimum atomic E-state index is 0.348. The maximum Gasteiger partial charge on any atom is 0.0465 e. The lowest BCUT2D eigenvalue weighted by Gasteiger charge is -2.25. The third-order valence-corrected chi connectivity index (χ3v) is 3.95. The van der Waals surface area contributed by atoms with Gasteiger partial charge in [0.05, 0.1) is 0 Å². The summed E-state index contributed by atoms with van der Waals surface area (Å²) in [6, 6.07) is 6.50. The monoisotopic (exact) mass is 317 g/mol. The normalized spacial score (nSPS) is 14.6. The number of hydrogen-bond donors (Lipinski definition) is 1. The Labute approximate surface area is 118 Å². The van der Waals surface area contributed by atoms with Gasteiger partial charge in [0.25, 0.3) is 0 Å². The van der Waals surface area contributed by atoms with Crippen molar-refractivity contribution in [3.8, 4) is 0 Å². The first-order valence-corrected chi connectivity index (χ1v) is 7.45. The van der Waals surface area contributed by atoms with Gasteiger partial charge in [0.2, 0.25) is 0 Å². The van der Waals surface area contributed by atoms with Gasteiger partial charge in [-0.1, -0.05) is 60.8 Å². The molecule has 0 aliphatic rings. The van der Waals surface area contributed by atoms with Crippen LogP contribution in [0, 0.1) is 5.92 Å². The van der Waals surface area contributed by atoms with Crippen molar-refractivity contribution >= 4 is 27.5 Å². The van der Waals surface area contributed by atoms with Crippen molar-refractivity contribution in [2.75, 3.05) is 6.54 Å². The van der Waals surface area contributed by atoms with Crippen molar-refractivity contribution in [1.29, 1.82) is 0 Å². The average molecular weight is 319 g/mol. The van der Waals surface area contributed by atoms with E-state index in [-0.39, 0.29) is 0 Å².